The van der Waals surface area contributed by atoms with Gasteiger partial charge in [0, 0.05) is 17.7 Å². The first-order valence-corrected chi connectivity index (χ1v) is 5.75. The Morgan fingerprint density at radius 3 is 2.48 bits per heavy atom. The van der Waals surface area contributed by atoms with E-state index in [1.54, 1.807) is 0 Å². The topological polar surface area (TPSA) is 91.3 Å². The smallest absolute Gasteiger partial charge is 0.277 e. The minimum Gasteiger partial charge on any atom is -0.507 e. The van der Waals surface area contributed by atoms with Crippen LogP contribution in [0.15, 0.2) is 30.6 Å². The lowest BCUT2D eigenvalue weighted by atomic mass is 10.1. The molecule has 0 unspecified atom stereocenters. The first-order chi connectivity index (χ1) is 9.97. The van der Waals surface area contributed by atoms with Crippen molar-refractivity contribution in [3.8, 4) is 17.0 Å². The van der Waals surface area contributed by atoms with Crippen LogP contribution in [-0.4, -0.2) is 25.6 Å². The molecule has 1 aromatic carbocycles. The average Bonchev–Trinajstić information content (AvgIpc) is 2.84. The molecule has 3 aromatic rings. The maximum Gasteiger partial charge on any atom is 0.277 e. The number of carbonyl (C=O) groups excluding carboxylic acids is 1. The zero-order valence-electron chi connectivity index (χ0n) is 10.3. The number of nitrogens with one attached hydrogen (secondary N) is 1. The molecule has 2 N–H and O–H groups in total. The molecule has 0 aliphatic carbocycles. The van der Waals surface area contributed by atoms with Crippen LogP contribution in [0.4, 0.5) is 8.78 Å². The second kappa shape index (κ2) is 4.51. The Balaban J connectivity index is 2.36. The number of carbonyl (C=O) groups is 1. The molecule has 0 aliphatic heterocycles. The number of hydrogen-bond acceptors (Lipinski definition) is 4. The lowest BCUT2D eigenvalue weighted by molar-refractivity contribution is 0.0990. The molecule has 0 saturated heterocycles. The van der Waals surface area contributed by atoms with E-state index in [2.05, 4.69) is 10.1 Å². The van der Waals surface area contributed by atoms with Crippen LogP contribution in [0.5, 0.6) is 5.75 Å². The zero-order chi connectivity index (χ0) is 15.1. The summed E-state index contributed by atoms with van der Waals surface area (Å²) in [5.74, 6) is -3.23. The van der Waals surface area contributed by atoms with E-state index in [4.69, 9.17) is 5.73 Å². The van der Waals surface area contributed by atoms with Crippen LogP contribution in [0.25, 0.3) is 16.9 Å². The van der Waals surface area contributed by atoms with E-state index in [1.807, 2.05) is 0 Å². The first kappa shape index (κ1) is 13.0. The lowest BCUT2D eigenvalue weighted by Gasteiger charge is -2.09. The van der Waals surface area contributed by atoms with Crippen LogP contribution in [0, 0.1) is 11.6 Å². The molecule has 0 aliphatic rings. The van der Waals surface area contributed by atoms with Crippen molar-refractivity contribution < 1.29 is 18.7 Å². The summed E-state index contributed by atoms with van der Waals surface area (Å²) in [4.78, 5) is 15.0. The zero-order valence-corrected chi connectivity index (χ0v) is 10.3. The number of nitrogens with zero attached hydrogens (tertiary/aromatic N) is 3. The van der Waals surface area contributed by atoms with E-state index in [-0.39, 0.29) is 22.5 Å². The number of halogens is 2. The fourth-order valence-corrected chi connectivity index (χ4v) is 2.09. The van der Waals surface area contributed by atoms with Gasteiger partial charge in [0.05, 0.1) is 5.69 Å². The maximum atomic E-state index is 13.3. The Bertz CT molecular complexity index is 856. The highest BCUT2D eigenvalue weighted by molar-refractivity contribution is 6.01. The minimum absolute atomic E-state index is 0.0605. The molecule has 105 valence electrons. The molecule has 0 fully saturated rings. The van der Waals surface area contributed by atoms with Crippen LogP contribution in [0.1, 0.15) is 10.4 Å². The molecule has 0 spiro atoms. The summed E-state index contributed by atoms with van der Waals surface area (Å²) >= 11 is 0. The molecule has 1 amide bonds. The number of hydrogen-bond donors (Lipinski definition) is 1. The number of fused-ring (bicyclic) bond motifs is 1. The summed E-state index contributed by atoms with van der Waals surface area (Å²) < 4.78 is 27.8. The van der Waals surface area contributed by atoms with E-state index >= 15 is 0 Å². The van der Waals surface area contributed by atoms with Crippen LogP contribution < -0.4 is 5.73 Å². The fraction of sp³-hybridized carbons (Fsp3) is 0. The highest BCUT2D eigenvalue weighted by atomic mass is 19.1. The van der Waals surface area contributed by atoms with Crippen molar-refractivity contribution in [2.45, 2.75) is 0 Å². The third-order valence-electron chi connectivity index (χ3n) is 2.91. The van der Waals surface area contributed by atoms with E-state index < -0.39 is 23.3 Å². The van der Waals surface area contributed by atoms with Gasteiger partial charge in [0.1, 0.15) is 29.3 Å². The highest BCUT2D eigenvalue weighted by Crippen LogP contribution is 2.29. The summed E-state index contributed by atoms with van der Waals surface area (Å²) in [5.41, 5.74) is 6.99. The van der Waals surface area contributed by atoms with E-state index in [0.717, 1.165) is 29.0 Å². The van der Waals surface area contributed by atoms with Crippen LogP contribution >= 0.6 is 0 Å². The van der Waals surface area contributed by atoms with Crippen molar-refractivity contribution in [3.05, 3.63) is 47.8 Å². The summed E-state index contributed by atoms with van der Waals surface area (Å²) in [7, 11) is 0. The normalized spacial score (nSPS) is 11.0. The van der Waals surface area contributed by atoms with Gasteiger partial charge in [-0.05, 0) is 12.1 Å². The van der Waals surface area contributed by atoms with Crippen molar-refractivity contribution in [2.75, 3.05) is 0 Å². The molecule has 2 heterocycles. The Kier molecular flexibility index (Phi) is 2.79. The van der Waals surface area contributed by atoms with Gasteiger partial charge in [-0.3, -0.25) is 10.5 Å². The minimum atomic E-state index is -1.14. The monoisotopic (exact) mass is 289 g/mol. The molecular weight excluding hydrogens is 282 g/mol. The predicted octanol–water partition coefficient (Wildman–Crippen LogP) is 1.80. The van der Waals surface area contributed by atoms with Crippen molar-refractivity contribution in [1.29, 1.82) is 0 Å². The molecule has 8 heteroatoms. The van der Waals surface area contributed by atoms with Crippen molar-refractivity contribution >= 4 is 11.6 Å². The second-order valence-electron chi connectivity index (χ2n) is 4.27. The van der Waals surface area contributed by atoms with Crippen LogP contribution in [-0.2, 0) is 0 Å². The van der Waals surface area contributed by atoms with E-state index in [1.165, 1.54) is 0 Å². The largest absolute Gasteiger partial charge is 0.507 e. The maximum absolute atomic E-state index is 13.3. The fourth-order valence-electron chi connectivity index (χ4n) is 2.09. The van der Waals surface area contributed by atoms with Gasteiger partial charge >= 0.3 is 0 Å². The number of pyridine rings is 1. The SMILES string of the molecule is [NH]C(=O)c1c(O)cc(-c2cc(F)cc(F)c2)n2ncnc12. The second-order valence-corrected chi connectivity index (χ2v) is 4.27. The Labute approximate surface area is 116 Å². The average molecular weight is 289 g/mol. The molecule has 3 rings (SSSR count). The van der Waals surface area contributed by atoms with Crippen LogP contribution in [0.3, 0.4) is 0 Å². The summed E-state index contributed by atoms with van der Waals surface area (Å²) in [6, 6.07) is 3.93. The van der Waals surface area contributed by atoms with E-state index in [0.29, 0.717) is 6.07 Å². The Hall–Kier alpha value is -3.03. The molecule has 0 atom stereocenters. The van der Waals surface area contributed by atoms with Crippen LogP contribution in [0.2, 0.25) is 0 Å². The Morgan fingerprint density at radius 2 is 1.86 bits per heavy atom. The van der Waals surface area contributed by atoms with Gasteiger partial charge in [-0.1, -0.05) is 0 Å². The number of aromatic nitrogens is 3. The van der Waals surface area contributed by atoms with Crippen molar-refractivity contribution in [1.82, 2.24) is 20.3 Å². The quantitative estimate of drug-likeness (QED) is 0.778. The first-order valence-electron chi connectivity index (χ1n) is 5.75. The molecule has 6 nitrogen and oxygen atoms in total. The standard InChI is InChI=1S/C13H7F2N4O2/c14-7-1-6(2-8(15)3-7)9-4-10(20)11(12(16)21)13-17-5-18-19(9)13/h1-5,16,20H. The van der Waals surface area contributed by atoms with E-state index in [9.17, 15) is 18.7 Å². The number of amides is 1. The molecular formula is C13H7F2N4O2. The third kappa shape index (κ3) is 2.06. The van der Waals surface area contributed by atoms with Crippen molar-refractivity contribution in [3.63, 3.8) is 0 Å². The summed E-state index contributed by atoms with van der Waals surface area (Å²) in [6.07, 6.45) is 1.11. The molecule has 2 aromatic heterocycles. The summed E-state index contributed by atoms with van der Waals surface area (Å²) in [6.45, 7) is 0. The van der Waals surface area contributed by atoms with Gasteiger partial charge < -0.3 is 5.11 Å². The predicted molar refractivity (Wildman–Crippen MR) is 67.4 cm³/mol. The van der Waals surface area contributed by atoms with Gasteiger partial charge in [0.2, 0.25) is 0 Å². The highest BCUT2D eigenvalue weighted by Gasteiger charge is 2.19. The van der Waals surface area contributed by atoms with Crippen molar-refractivity contribution in [2.24, 2.45) is 0 Å². The molecule has 21 heavy (non-hydrogen) atoms. The Morgan fingerprint density at radius 1 is 1.19 bits per heavy atom. The molecule has 0 bridgehead atoms. The number of benzene rings is 1. The van der Waals surface area contributed by atoms with Gasteiger partial charge in [0.15, 0.2) is 5.65 Å². The number of aromatic hydroxyl groups is 1. The molecule has 1 radical (unpaired) electrons. The van der Waals surface area contributed by atoms with Gasteiger partial charge in [-0.15, -0.1) is 0 Å². The summed E-state index contributed by atoms with van der Waals surface area (Å²) in [5, 5.41) is 13.7. The lowest BCUT2D eigenvalue weighted by Crippen LogP contribution is -2.06. The molecule has 0 saturated carbocycles. The van der Waals surface area contributed by atoms with Gasteiger partial charge in [-0.2, -0.15) is 5.10 Å². The third-order valence-corrected chi connectivity index (χ3v) is 2.91. The van der Waals surface area contributed by atoms with Gasteiger partial charge in [-0.25, -0.2) is 18.3 Å². The van der Waals surface area contributed by atoms with Gasteiger partial charge in [0.25, 0.3) is 5.91 Å². The number of rotatable bonds is 2.